The molecule has 4 nitrogen and oxygen atoms in total. The van der Waals surface area contributed by atoms with E-state index in [9.17, 15) is 0 Å². The molecule has 4 heteroatoms. The van der Waals surface area contributed by atoms with E-state index in [-0.39, 0.29) is 0 Å². The summed E-state index contributed by atoms with van der Waals surface area (Å²) in [5.41, 5.74) is 10.9. The number of aromatic nitrogens is 4. The van der Waals surface area contributed by atoms with Crippen LogP contribution in [-0.4, -0.2) is 19.1 Å². The summed E-state index contributed by atoms with van der Waals surface area (Å²) in [6.45, 7) is 0. The Bertz CT molecular complexity index is 2850. The number of rotatable bonds is 5. The molecule has 234 valence electrons. The molecule has 0 aliphatic carbocycles. The zero-order chi connectivity index (χ0) is 33.0. The molecule has 0 aliphatic rings. The van der Waals surface area contributed by atoms with Crippen LogP contribution in [0, 0.1) is 0 Å². The molecule has 50 heavy (non-hydrogen) atoms. The Morgan fingerprint density at radius 2 is 0.840 bits per heavy atom. The highest BCUT2D eigenvalue weighted by atomic mass is 15.1. The van der Waals surface area contributed by atoms with Crippen molar-refractivity contribution in [3.05, 3.63) is 182 Å². The number of imidazole rings is 2. The first-order chi connectivity index (χ1) is 24.8. The standard InChI is InChI=1S/C46H30N4/c1-3-13-32(14-4-1)45-47-41-19-9-11-21-43(41)49(45)35-26-23-31(24-27-35)39-29-34-25-28-36(30-40(34)38-18-8-7-17-37(38)39)50-44-22-12-10-20-42(44)48-46(50)33-15-5-2-6-16-33/h1-30H. The van der Waals surface area contributed by atoms with Crippen LogP contribution in [0.3, 0.4) is 0 Å². The van der Waals surface area contributed by atoms with Gasteiger partial charge in [-0.2, -0.15) is 0 Å². The Morgan fingerprint density at radius 3 is 1.46 bits per heavy atom. The molecule has 8 aromatic carbocycles. The van der Waals surface area contributed by atoms with Crippen molar-refractivity contribution in [1.29, 1.82) is 0 Å². The summed E-state index contributed by atoms with van der Waals surface area (Å²) in [5, 5.41) is 4.86. The summed E-state index contributed by atoms with van der Waals surface area (Å²) in [5.74, 6) is 1.88. The quantitative estimate of drug-likeness (QED) is 0.176. The van der Waals surface area contributed by atoms with Gasteiger partial charge in [0.2, 0.25) is 0 Å². The van der Waals surface area contributed by atoms with Gasteiger partial charge in [0.05, 0.1) is 22.1 Å². The van der Waals surface area contributed by atoms with Crippen LogP contribution in [0.1, 0.15) is 0 Å². The van der Waals surface area contributed by atoms with Gasteiger partial charge in [-0.1, -0.05) is 127 Å². The zero-order valence-corrected chi connectivity index (χ0v) is 27.1. The molecule has 2 aromatic heterocycles. The molecule has 0 aliphatic heterocycles. The van der Waals surface area contributed by atoms with E-state index in [4.69, 9.17) is 9.97 Å². The van der Waals surface area contributed by atoms with Gasteiger partial charge in [-0.05, 0) is 87.3 Å². The molecule has 0 saturated heterocycles. The van der Waals surface area contributed by atoms with E-state index >= 15 is 0 Å². The number of para-hydroxylation sites is 4. The molecule has 10 rings (SSSR count). The van der Waals surface area contributed by atoms with Crippen molar-refractivity contribution < 1.29 is 0 Å². The fourth-order valence-electron chi connectivity index (χ4n) is 7.39. The molecule has 0 radical (unpaired) electrons. The number of benzene rings is 8. The monoisotopic (exact) mass is 638 g/mol. The van der Waals surface area contributed by atoms with Crippen molar-refractivity contribution in [1.82, 2.24) is 19.1 Å². The molecule has 0 N–H and O–H groups in total. The van der Waals surface area contributed by atoms with Gasteiger partial charge >= 0.3 is 0 Å². The molecule has 0 amide bonds. The molecule has 10 aromatic rings. The van der Waals surface area contributed by atoms with Crippen LogP contribution in [0.2, 0.25) is 0 Å². The molecule has 0 saturated carbocycles. The predicted molar refractivity (Wildman–Crippen MR) is 207 cm³/mol. The molecular formula is C46H30N4. The third-order valence-corrected chi connectivity index (χ3v) is 9.72. The minimum atomic E-state index is 0.938. The highest BCUT2D eigenvalue weighted by molar-refractivity contribution is 6.14. The topological polar surface area (TPSA) is 35.6 Å². The van der Waals surface area contributed by atoms with Gasteiger partial charge in [0.1, 0.15) is 11.6 Å². The average Bonchev–Trinajstić information content (AvgIpc) is 3.78. The van der Waals surface area contributed by atoms with Crippen LogP contribution < -0.4 is 0 Å². The Morgan fingerprint density at radius 1 is 0.340 bits per heavy atom. The SMILES string of the molecule is c1ccc(-c2nc3ccccc3n2-c2ccc(-c3cc4ccc(-n5c(-c6ccccc6)nc6ccccc65)cc4c4ccccc34)cc2)cc1. The van der Waals surface area contributed by atoms with Gasteiger partial charge < -0.3 is 0 Å². The Balaban J connectivity index is 1.12. The van der Waals surface area contributed by atoms with Crippen LogP contribution in [0.5, 0.6) is 0 Å². The summed E-state index contributed by atoms with van der Waals surface area (Å²) in [6, 6.07) is 64.4. The fraction of sp³-hybridized carbons (Fsp3) is 0. The van der Waals surface area contributed by atoms with Gasteiger partial charge in [-0.3, -0.25) is 9.13 Å². The number of hydrogen-bond acceptors (Lipinski definition) is 2. The van der Waals surface area contributed by atoms with E-state index < -0.39 is 0 Å². The lowest BCUT2D eigenvalue weighted by Crippen LogP contribution is -1.98. The summed E-state index contributed by atoms with van der Waals surface area (Å²) in [6.07, 6.45) is 0. The van der Waals surface area contributed by atoms with Crippen molar-refractivity contribution in [3.8, 4) is 45.3 Å². The Kier molecular flexibility index (Phi) is 6.46. The van der Waals surface area contributed by atoms with E-state index in [0.717, 1.165) is 56.2 Å². The minimum absolute atomic E-state index is 0.938. The predicted octanol–water partition coefficient (Wildman–Crippen LogP) is 11.7. The average molecular weight is 639 g/mol. The summed E-state index contributed by atoms with van der Waals surface area (Å²) in [4.78, 5) is 10.1. The summed E-state index contributed by atoms with van der Waals surface area (Å²) >= 11 is 0. The highest BCUT2D eigenvalue weighted by Crippen LogP contribution is 2.38. The normalized spacial score (nSPS) is 11.6. The van der Waals surface area contributed by atoms with Crippen LogP contribution in [0.15, 0.2) is 182 Å². The van der Waals surface area contributed by atoms with Crippen molar-refractivity contribution in [2.75, 3.05) is 0 Å². The molecular weight excluding hydrogens is 609 g/mol. The summed E-state index contributed by atoms with van der Waals surface area (Å²) < 4.78 is 4.55. The molecule has 0 fully saturated rings. The van der Waals surface area contributed by atoms with E-state index in [2.05, 4.69) is 173 Å². The Labute approximate surface area is 289 Å². The summed E-state index contributed by atoms with van der Waals surface area (Å²) in [7, 11) is 0. The van der Waals surface area contributed by atoms with E-state index in [1.165, 1.54) is 32.7 Å². The van der Waals surface area contributed by atoms with Gasteiger partial charge in [0.15, 0.2) is 0 Å². The molecule has 0 atom stereocenters. The van der Waals surface area contributed by atoms with Crippen molar-refractivity contribution in [3.63, 3.8) is 0 Å². The molecule has 0 spiro atoms. The Hall–Kier alpha value is -6.78. The first-order valence-electron chi connectivity index (χ1n) is 16.9. The highest BCUT2D eigenvalue weighted by Gasteiger charge is 2.17. The van der Waals surface area contributed by atoms with E-state index in [1.54, 1.807) is 0 Å². The van der Waals surface area contributed by atoms with Gasteiger partial charge in [-0.15, -0.1) is 0 Å². The van der Waals surface area contributed by atoms with Crippen molar-refractivity contribution in [2.45, 2.75) is 0 Å². The van der Waals surface area contributed by atoms with Crippen molar-refractivity contribution in [2.24, 2.45) is 0 Å². The number of fused-ring (bicyclic) bond motifs is 5. The fourth-order valence-corrected chi connectivity index (χ4v) is 7.39. The van der Waals surface area contributed by atoms with Crippen LogP contribution in [0.25, 0.3) is 88.9 Å². The lowest BCUT2D eigenvalue weighted by atomic mass is 9.93. The number of hydrogen-bond donors (Lipinski definition) is 0. The maximum atomic E-state index is 5.08. The molecule has 2 heterocycles. The van der Waals surface area contributed by atoms with Crippen LogP contribution in [-0.2, 0) is 0 Å². The largest absolute Gasteiger partial charge is 0.292 e. The van der Waals surface area contributed by atoms with Crippen molar-refractivity contribution >= 4 is 43.6 Å². The van der Waals surface area contributed by atoms with Gasteiger partial charge in [0, 0.05) is 22.5 Å². The third kappa shape index (κ3) is 4.54. The van der Waals surface area contributed by atoms with E-state index in [1.807, 2.05) is 18.2 Å². The lowest BCUT2D eigenvalue weighted by molar-refractivity contribution is 1.10. The number of nitrogens with zero attached hydrogens (tertiary/aromatic N) is 4. The van der Waals surface area contributed by atoms with Crippen LogP contribution in [0.4, 0.5) is 0 Å². The lowest BCUT2D eigenvalue weighted by Gasteiger charge is -2.15. The van der Waals surface area contributed by atoms with Gasteiger partial charge in [-0.25, -0.2) is 9.97 Å². The molecule has 0 bridgehead atoms. The van der Waals surface area contributed by atoms with Crippen LogP contribution >= 0.6 is 0 Å². The third-order valence-electron chi connectivity index (χ3n) is 9.72. The second-order valence-electron chi connectivity index (χ2n) is 12.7. The maximum absolute atomic E-state index is 5.08. The minimum Gasteiger partial charge on any atom is -0.292 e. The second-order valence-corrected chi connectivity index (χ2v) is 12.7. The molecule has 0 unspecified atom stereocenters. The second kappa shape index (κ2) is 11.4. The van der Waals surface area contributed by atoms with E-state index in [0.29, 0.717) is 0 Å². The van der Waals surface area contributed by atoms with Gasteiger partial charge in [0.25, 0.3) is 0 Å². The first kappa shape index (κ1) is 28.3. The first-order valence-corrected chi connectivity index (χ1v) is 16.9. The maximum Gasteiger partial charge on any atom is 0.145 e. The zero-order valence-electron chi connectivity index (χ0n) is 27.1. The smallest absolute Gasteiger partial charge is 0.145 e.